The molecule has 182 valence electrons. The standard InChI is InChI=1S/C27H19FN6O2S/c1-2-36-22-9-8-18(14-21(22)28)24-19(16-33(31-24)20-6-4-3-5-7-20)15-23-26(35)34-27(37-23)30-25(32-34)17-10-12-29-13-11-17/h3-16H,2H2,1H3/b23-15-. The highest BCUT2D eigenvalue weighted by Crippen LogP contribution is 2.28. The molecule has 0 unspecified atom stereocenters. The minimum atomic E-state index is -0.480. The second kappa shape index (κ2) is 9.40. The second-order valence-corrected chi connectivity index (χ2v) is 9.08. The molecule has 0 aliphatic rings. The van der Waals surface area contributed by atoms with E-state index in [0.29, 0.717) is 38.7 Å². The first-order chi connectivity index (χ1) is 18.1. The van der Waals surface area contributed by atoms with E-state index in [1.165, 1.54) is 21.9 Å². The lowest BCUT2D eigenvalue weighted by Gasteiger charge is -2.06. The molecule has 0 fully saturated rings. The zero-order valence-electron chi connectivity index (χ0n) is 19.6. The fourth-order valence-corrected chi connectivity index (χ4v) is 4.85. The summed E-state index contributed by atoms with van der Waals surface area (Å²) in [7, 11) is 0. The summed E-state index contributed by atoms with van der Waals surface area (Å²) in [5.41, 5.74) is 3.07. The lowest BCUT2D eigenvalue weighted by molar-refractivity contribution is 0.321. The number of benzene rings is 2. The SMILES string of the molecule is CCOc1ccc(-c2nn(-c3ccccc3)cc2/C=c2\sc3nc(-c4ccncc4)nn3c2=O)cc1F. The lowest BCUT2D eigenvalue weighted by Crippen LogP contribution is -2.23. The molecular formula is C27H19FN6O2S. The van der Waals surface area contributed by atoms with Crippen LogP contribution < -0.4 is 14.8 Å². The van der Waals surface area contributed by atoms with Crippen molar-refractivity contribution in [2.75, 3.05) is 6.61 Å². The predicted molar refractivity (Wildman–Crippen MR) is 139 cm³/mol. The van der Waals surface area contributed by atoms with E-state index in [9.17, 15) is 9.18 Å². The van der Waals surface area contributed by atoms with E-state index in [-0.39, 0.29) is 11.3 Å². The molecule has 0 saturated carbocycles. The number of hydrogen-bond donors (Lipinski definition) is 0. The monoisotopic (exact) mass is 510 g/mol. The molecule has 0 spiro atoms. The van der Waals surface area contributed by atoms with Crippen molar-refractivity contribution in [3.05, 3.63) is 106 Å². The summed E-state index contributed by atoms with van der Waals surface area (Å²) in [6.45, 7) is 2.16. The molecule has 0 atom stereocenters. The minimum absolute atomic E-state index is 0.177. The van der Waals surface area contributed by atoms with Crippen LogP contribution in [0, 0.1) is 5.82 Å². The molecule has 0 aliphatic heterocycles. The van der Waals surface area contributed by atoms with Crippen LogP contribution in [0.2, 0.25) is 0 Å². The Balaban J connectivity index is 1.48. The van der Waals surface area contributed by atoms with E-state index >= 15 is 0 Å². The summed E-state index contributed by atoms with van der Waals surface area (Å²) in [6, 6.07) is 17.9. The molecule has 0 radical (unpaired) electrons. The number of ether oxygens (including phenoxy) is 1. The van der Waals surface area contributed by atoms with E-state index in [0.717, 1.165) is 11.3 Å². The molecule has 0 amide bonds. The average molecular weight is 511 g/mol. The molecule has 6 rings (SSSR count). The van der Waals surface area contributed by atoms with Gasteiger partial charge in [-0.25, -0.2) is 9.07 Å². The van der Waals surface area contributed by atoms with Gasteiger partial charge in [0.2, 0.25) is 4.96 Å². The fourth-order valence-electron chi connectivity index (χ4n) is 3.95. The van der Waals surface area contributed by atoms with E-state index in [2.05, 4.69) is 15.1 Å². The Bertz CT molecular complexity index is 1830. The molecule has 0 saturated heterocycles. The number of nitrogens with zero attached hydrogens (tertiary/aromatic N) is 6. The molecule has 6 aromatic rings. The quantitative estimate of drug-likeness (QED) is 0.335. The van der Waals surface area contributed by atoms with Crippen LogP contribution in [0.25, 0.3) is 39.4 Å². The first-order valence-corrected chi connectivity index (χ1v) is 12.3. The number of rotatable bonds is 6. The number of hydrogen-bond acceptors (Lipinski definition) is 7. The number of aromatic nitrogens is 6. The summed E-state index contributed by atoms with van der Waals surface area (Å²) in [4.78, 5) is 22.2. The summed E-state index contributed by atoms with van der Waals surface area (Å²) >= 11 is 1.23. The number of pyridine rings is 1. The third kappa shape index (κ3) is 4.27. The van der Waals surface area contributed by atoms with Gasteiger partial charge in [-0.2, -0.15) is 14.6 Å². The van der Waals surface area contributed by atoms with Crippen molar-refractivity contribution in [1.29, 1.82) is 0 Å². The summed E-state index contributed by atoms with van der Waals surface area (Å²) in [5.74, 6) is 0.155. The maximum Gasteiger partial charge on any atom is 0.291 e. The van der Waals surface area contributed by atoms with Crippen molar-refractivity contribution in [2.45, 2.75) is 6.92 Å². The number of fused-ring (bicyclic) bond motifs is 1. The molecule has 4 heterocycles. The van der Waals surface area contributed by atoms with Gasteiger partial charge in [-0.1, -0.05) is 29.5 Å². The molecule has 10 heteroatoms. The van der Waals surface area contributed by atoms with E-state index in [1.807, 2.05) is 36.5 Å². The maximum absolute atomic E-state index is 14.7. The first-order valence-electron chi connectivity index (χ1n) is 11.5. The molecule has 0 N–H and O–H groups in total. The van der Waals surface area contributed by atoms with Crippen LogP contribution in [0.15, 0.2) is 84.0 Å². The van der Waals surface area contributed by atoms with Gasteiger partial charge in [-0.15, -0.1) is 5.10 Å². The van der Waals surface area contributed by atoms with Gasteiger partial charge in [-0.3, -0.25) is 9.78 Å². The fraction of sp³-hybridized carbons (Fsp3) is 0.0741. The number of para-hydroxylation sites is 1. The van der Waals surface area contributed by atoms with Gasteiger partial charge in [0, 0.05) is 35.3 Å². The summed E-state index contributed by atoms with van der Waals surface area (Å²) < 4.78 is 23.5. The Morgan fingerprint density at radius 2 is 1.84 bits per heavy atom. The zero-order valence-corrected chi connectivity index (χ0v) is 20.4. The van der Waals surface area contributed by atoms with Crippen molar-refractivity contribution in [2.24, 2.45) is 0 Å². The van der Waals surface area contributed by atoms with Gasteiger partial charge in [0.1, 0.15) is 5.69 Å². The van der Waals surface area contributed by atoms with Gasteiger partial charge >= 0.3 is 0 Å². The Kier molecular flexibility index (Phi) is 5.78. The van der Waals surface area contributed by atoms with Crippen LogP contribution in [-0.2, 0) is 0 Å². The Hall–Kier alpha value is -4.70. The molecule has 37 heavy (non-hydrogen) atoms. The summed E-state index contributed by atoms with van der Waals surface area (Å²) in [5, 5.41) is 9.11. The predicted octanol–water partition coefficient (Wildman–Crippen LogP) is 4.15. The molecular weight excluding hydrogens is 491 g/mol. The van der Waals surface area contributed by atoms with E-state index < -0.39 is 5.82 Å². The Morgan fingerprint density at radius 1 is 1.03 bits per heavy atom. The third-order valence-corrected chi connectivity index (χ3v) is 6.63. The van der Waals surface area contributed by atoms with E-state index in [4.69, 9.17) is 9.84 Å². The zero-order chi connectivity index (χ0) is 25.4. The van der Waals surface area contributed by atoms with Crippen LogP contribution in [0.1, 0.15) is 12.5 Å². The van der Waals surface area contributed by atoms with Gasteiger partial charge in [0.25, 0.3) is 5.56 Å². The molecule has 0 aliphatic carbocycles. The van der Waals surface area contributed by atoms with Crippen LogP contribution in [0.5, 0.6) is 5.75 Å². The Morgan fingerprint density at radius 3 is 2.57 bits per heavy atom. The number of halogens is 1. The maximum atomic E-state index is 14.7. The average Bonchev–Trinajstić information content (AvgIpc) is 3.62. The van der Waals surface area contributed by atoms with Gasteiger partial charge < -0.3 is 4.74 Å². The van der Waals surface area contributed by atoms with Crippen LogP contribution in [0.3, 0.4) is 0 Å². The molecule has 4 aromatic heterocycles. The topological polar surface area (TPSA) is 87.2 Å². The van der Waals surface area contributed by atoms with Crippen molar-refractivity contribution in [3.63, 3.8) is 0 Å². The highest BCUT2D eigenvalue weighted by Gasteiger charge is 2.16. The smallest absolute Gasteiger partial charge is 0.291 e. The van der Waals surface area contributed by atoms with Gasteiger partial charge in [-0.05, 0) is 55.5 Å². The van der Waals surface area contributed by atoms with E-state index in [1.54, 1.807) is 54.3 Å². The minimum Gasteiger partial charge on any atom is -0.491 e. The summed E-state index contributed by atoms with van der Waals surface area (Å²) in [6.07, 6.45) is 6.86. The van der Waals surface area contributed by atoms with Gasteiger partial charge in [0.15, 0.2) is 17.4 Å². The highest BCUT2D eigenvalue weighted by atomic mass is 32.1. The van der Waals surface area contributed by atoms with Crippen molar-refractivity contribution in [3.8, 4) is 34.1 Å². The normalized spacial score (nSPS) is 11.9. The lowest BCUT2D eigenvalue weighted by atomic mass is 10.1. The molecule has 0 bridgehead atoms. The Labute approximate surface area is 213 Å². The van der Waals surface area contributed by atoms with Crippen molar-refractivity contribution in [1.82, 2.24) is 29.4 Å². The van der Waals surface area contributed by atoms with Crippen LogP contribution >= 0.6 is 11.3 Å². The number of thiazole rings is 1. The molecule has 2 aromatic carbocycles. The van der Waals surface area contributed by atoms with Gasteiger partial charge in [0.05, 0.1) is 16.8 Å². The van der Waals surface area contributed by atoms with Crippen molar-refractivity contribution < 1.29 is 9.13 Å². The van der Waals surface area contributed by atoms with Crippen LogP contribution in [-0.4, -0.2) is 36.0 Å². The highest BCUT2D eigenvalue weighted by molar-refractivity contribution is 7.15. The molecule has 8 nitrogen and oxygen atoms in total. The van der Waals surface area contributed by atoms with Crippen LogP contribution in [0.4, 0.5) is 4.39 Å². The largest absolute Gasteiger partial charge is 0.491 e. The second-order valence-electron chi connectivity index (χ2n) is 8.07. The van der Waals surface area contributed by atoms with Crippen molar-refractivity contribution >= 4 is 22.4 Å². The third-order valence-electron chi connectivity index (χ3n) is 5.68. The first kappa shape index (κ1) is 22.7.